The molecule has 2 N–H and O–H groups in total. The van der Waals surface area contributed by atoms with Gasteiger partial charge < -0.3 is 5.32 Å². The molecule has 0 heterocycles. The van der Waals surface area contributed by atoms with Crippen LogP contribution in [0.4, 0.5) is 0 Å². The molecule has 2 aliphatic rings. The number of hydrogen-bond donors (Lipinski definition) is 2. The summed E-state index contributed by atoms with van der Waals surface area (Å²) in [5.41, 5.74) is -1.02. The van der Waals surface area contributed by atoms with Gasteiger partial charge in [-0.15, -0.1) is 0 Å². The molecule has 21 heavy (non-hydrogen) atoms. The van der Waals surface area contributed by atoms with Crippen molar-refractivity contribution in [3.05, 3.63) is 0 Å². The van der Waals surface area contributed by atoms with Crippen molar-refractivity contribution in [1.82, 2.24) is 10.0 Å². The van der Waals surface area contributed by atoms with Crippen LogP contribution >= 0.6 is 0 Å². The van der Waals surface area contributed by atoms with E-state index in [2.05, 4.69) is 10.0 Å². The van der Waals surface area contributed by atoms with Gasteiger partial charge in [-0.1, -0.05) is 13.8 Å². The highest BCUT2D eigenvalue weighted by Crippen LogP contribution is 2.64. The van der Waals surface area contributed by atoms with Crippen molar-refractivity contribution in [2.45, 2.75) is 39.5 Å². The van der Waals surface area contributed by atoms with Crippen LogP contribution in [0.25, 0.3) is 0 Å². The van der Waals surface area contributed by atoms with Crippen molar-refractivity contribution in [3.8, 4) is 0 Å². The second-order valence-electron chi connectivity index (χ2n) is 6.74. The molecule has 0 radical (unpaired) electrons. The van der Waals surface area contributed by atoms with Crippen LogP contribution in [0.1, 0.15) is 39.5 Å². The highest BCUT2D eigenvalue weighted by molar-refractivity contribution is 7.89. The van der Waals surface area contributed by atoms with E-state index in [-0.39, 0.29) is 35.8 Å². The van der Waals surface area contributed by atoms with Gasteiger partial charge in [-0.2, -0.15) is 0 Å². The highest BCUT2D eigenvalue weighted by atomic mass is 32.2. The molecule has 2 bridgehead atoms. The first-order valence-corrected chi connectivity index (χ1v) is 9.01. The molecule has 0 saturated heterocycles. The number of sulfonamides is 1. The Morgan fingerprint density at radius 2 is 2.05 bits per heavy atom. The quantitative estimate of drug-likeness (QED) is 0.743. The Hall–Kier alpha value is -0.950. The fourth-order valence-corrected chi connectivity index (χ4v) is 5.77. The largest absolute Gasteiger partial charge is 0.359 e. The molecule has 0 aromatic carbocycles. The van der Waals surface area contributed by atoms with Crippen LogP contribution in [-0.4, -0.2) is 39.5 Å². The molecule has 6 nitrogen and oxygen atoms in total. The number of hydrogen-bond acceptors (Lipinski definition) is 4. The number of fused-ring (bicyclic) bond motifs is 2. The van der Waals surface area contributed by atoms with Crippen LogP contribution in [-0.2, 0) is 19.6 Å². The lowest BCUT2D eigenvalue weighted by molar-refractivity contribution is -0.128. The Kier molecular flexibility index (Phi) is 4.19. The zero-order chi connectivity index (χ0) is 15.9. The summed E-state index contributed by atoms with van der Waals surface area (Å²) in [6.07, 6.45) is 2.18. The van der Waals surface area contributed by atoms with E-state index in [1.807, 2.05) is 13.8 Å². The Balaban J connectivity index is 2.06. The van der Waals surface area contributed by atoms with Crippen LogP contribution in [0.15, 0.2) is 0 Å². The van der Waals surface area contributed by atoms with Gasteiger partial charge in [0.05, 0.1) is 5.75 Å². The first-order chi connectivity index (χ1) is 9.64. The predicted molar refractivity (Wildman–Crippen MR) is 79.0 cm³/mol. The van der Waals surface area contributed by atoms with Gasteiger partial charge in [0.1, 0.15) is 5.78 Å². The van der Waals surface area contributed by atoms with Crippen molar-refractivity contribution in [3.63, 3.8) is 0 Å². The van der Waals surface area contributed by atoms with Crippen molar-refractivity contribution < 1.29 is 18.0 Å². The van der Waals surface area contributed by atoms with Gasteiger partial charge in [-0.05, 0) is 24.2 Å². The Morgan fingerprint density at radius 1 is 1.38 bits per heavy atom. The molecule has 2 rings (SSSR count). The van der Waals surface area contributed by atoms with Crippen molar-refractivity contribution >= 4 is 21.7 Å². The molecule has 0 unspecified atom stereocenters. The molecule has 2 fully saturated rings. The van der Waals surface area contributed by atoms with Gasteiger partial charge in [0.2, 0.25) is 15.9 Å². The molecule has 0 aliphatic heterocycles. The smallest absolute Gasteiger partial charge is 0.221 e. The Labute approximate surface area is 126 Å². The molecule has 2 aliphatic carbocycles. The lowest BCUT2D eigenvalue weighted by Crippen LogP contribution is -2.45. The molecule has 120 valence electrons. The van der Waals surface area contributed by atoms with Gasteiger partial charge in [-0.25, -0.2) is 13.1 Å². The minimum atomic E-state index is -3.57. The van der Waals surface area contributed by atoms with Gasteiger partial charge in [-0.3, -0.25) is 9.59 Å². The van der Waals surface area contributed by atoms with Crippen molar-refractivity contribution in [2.24, 2.45) is 16.7 Å². The van der Waals surface area contributed by atoms with E-state index in [0.717, 1.165) is 6.42 Å². The first kappa shape index (κ1) is 16.4. The molecule has 2 atom stereocenters. The minimum absolute atomic E-state index is 0.0656. The summed E-state index contributed by atoms with van der Waals surface area (Å²) in [6.45, 7) is 4.08. The molecular weight excluding hydrogens is 292 g/mol. The van der Waals surface area contributed by atoms with Crippen LogP contribution < -0.4 is 10.0 Å². The monoisotopic (exact) mass is 316 g/mol. The second kappa shape index (κ2) is 5.35. The number of carbonyl (C=O) groups excluding carboxylic acids is 2. The maximum absolute atomic E-state index is 12.3. The topological polar surface area (TPSA) is 92.3 Å². The molecule has 0 aromatic rings. The predicted octanol–water partition coefficient (Wildman–Crippen LogP) is 0.437. The summed E-state index contributed by atoms with van der Waals surface area (Å²) in [4.78, 5) is 23.4. The van der Waals surface area contributed by atoms with Gasteiger partial charge in [0, 0.05) is 31.8 Å². The average molecular weight is 316 g/mol. The summed E-state index contributed by atoms with van der Waals surface area (Å²) in [5, 5.41) is 2.44. The van der Waals surface area contributed by atoms with Crippen LogP contribution in [0.3, 0.4) is 0 Å². The summed E-state index contributed by atoms with van der Waals surface area (Å²) in [6, 6.07) is 0. The molecule has 1 amide bonds. The zero-order valence-corrected chi connectivity index (χ0v) is 13.7. The summed E-state index contributed by atoms with van der Waals surface area (Å²) < 4.78 is 27.0. The number of ketones is 1. The third-order valence-electron chi connectivity index (χ3n) is 5.53. The SMILES string of the molecule is CNC(=O)CCNS(=O)(=O)C[C@@]12CC[C@@H](CC1=O)C2(C)C. The number of rotatable bonds is 6. The van der Waals surface area contributed by atoms with Crippen LogP contribution in [0.5, 0.6) is 0 Å². The summed E-state index contributed by atoms with van der Waals surface area (Å²) in [7, 11) is -2.06. The van der Waals surface area contributed by atoms with E-state index in [1.165, 1.54) is 7.05 Å². The second-order valence-corrected chi connectivity index (χ2v) is 8.55. The highest BCUT2D eigenvalue weighted by Gasteiger charge is 2.65. The van der Waals surface area contributed by atoms with E-state index in [4.69, 9.17) is 0 Å². The van der Waals surface area contributed by atoms with Crippen LogP contribution in [0.2, 0.25) is 0 Å². The minimum Gasteiger partial charge on any atom is -0.359 e. The molecule has 0 aromatic heterocycles. The maximum Gasteiger partial charge on any atom is 0.221 e. The van der Waals surface area contributed by atoms with E-state index >= 15 is 0 Å². The fourth-order valence-electron chi connectivity index (χ4n) is 3.93. The number of Topliss-reactive ketones (excluding diaryl/α,β-unsaturated/α-hetero) is 1. The van der Waals surface area contributed by atoms with Gasteiger partial charge in [0.25, 0.3) is 0 Å². The average Bonchev–Trinajstić information content (AvgIpc) is 2.71. The van der Waals surface area contributed by atoms with E-state index in [9.17, 15) is 18.0 Å². The normalized spacial score (nSPS) is 30.6. The standard InChI is InChI=1S/C14H24N2O4S/c1-13(2)10-4-6-14(13,11(17)8-10)9-21(19,20)16-7-5-12(18)15-3/h10,16H,4-9H2,1-3H3,(H,15,18)/t10-,14-/m0/s1. The van der Waals surface area contributed by atoms with Crippen molar-refractivity contribution in [1.29, 1.82) is 0 Å². The van der Waals surface area contributed by atoms with E-state index in [0.29, 0.717) is 18.8 Å². The Bertz CT molecular complexity index is 555. The van der Waals surface area contributed by atoms with Gasteiger partial charge in [0.15, 0.2) is 0 Å². The zero-order valence-electron chi connectivity index (χ0n) is 12.9. The maximum atomic E-state index is 12.3. The Morgan fingerprint density at radius 3 is 2.52 bits per heavy atom. The third-order valence-corrected chi connectivity index (χ3v) is 7.05. The number of nitrogens with one attached hydrogen (secondary N) is 2. The molecule has 2 saturated carbocycles. The van der Waals surface area contributed by atoms with E-state index < -0.39 is 15.4 Å². The van der Waals surface area contributed by atoms with E-state index in [1.54, 1.807) is 0 Å². The number of amides is 1. The lowest BCUT2D eigenvalue weighted by atomic mass is 9.70. The summed E-state index contributed by atoms with van der Waals surface area (Å²) >= 11 is 0. The summed E-state index contributed by atoms with van der Waals surface area (Å²) in [5.74, 6) is 0.0105. The number of carbonyl (C=O) groups is 2. The van der Waals surface area contributed by atoms with Gasteiger partial charge >= 0.3 is 0 Å². The molecule has 7 heteroatoms. The fraction of sp³-hybridized carbons (Fsp3) is 0.857. The molecule has 0 spiro atoms. The molecular formula is C14H24N2O4S. The van der Waals surface area contributed by atoms with Crippen molar-refractivity contribution in [2.75, 3.05) is 19.3 Å². The lowest BCUT2D eigenvalue weighted by Gasteiger charge is -2.36. The first-order valence-electron chi connectivity index (χ1n) is 7.36. The third kappa shape index (κ3) is 2.73. The van der Waals surface area contributed by atoms with Crippen LogP contribution in [0, 0.1) is 16.7 Å².